The number of carbonyl (C=O) groups excluding carboxylic acids is 1. The first-order valence-electron chi connectivity index (χ1n) is 6.13. The first-order valence-corrected chi connectivity index (χ1v) is 7.04. The van der Waals surface area contributed by atoms with Gasteiger partial charge in [-0.15, -0.1) is 0 Å². The second-order valence-electron chi connectivity index (χ2n) is 6.09. The molecule has 0 aromatic heterocycles. The highest BCUT2D eigenvalue weighted by atomic mass is 79.9. The third kappa shape index (κ3) is 2.61. The topological polar surface area (TPSA) is 29.1 Å². The Balaban J connectivity index is 2.28. The van der Waals surface area contributed by atoms with Crippen LogP contribution in [0.3, 0.4) is 0 Å². The molecule has 94 valence electrons. The van der Waals surface area contributed by atoms with Crippen LogP contribution in [0.2, 0.25) is 0 Å². The van der Waals surface area contributed by atoms with E-state index in [1.165, 1.54) is 0 Å². The molecule has 1 aliphatic carbocycles. The van der Waals surface area contributed by atoms with Gasteiger partial charge in [-0.05, 0) is 23.7 Å². The van der Waals surface area contributed by atoms with Crippen LogP contribution in [0.15, 0.2) is 0 Å². The van der Waals surface area contributed by atoms with Gasteiger partial charge < -0.3 is 5.32 Å². The highest BCUT2D eigenvalue weighted by molar-refractivity contribution is 9.09. The summed E-state index contributed by atoms with van der Waals surface area (Å²) in [4.78, 5) is 12.5. The molecule has 3 heteroatoms. The first kappa shape index (κ1) is 14.0. The van der Waals surface area contributed by atoms with E-state index in [1.807, 2.05) is 0 Å². The zero-order valence-corrected chi connectivity index (χ0v) is 12.6. The number of rotatable bonds is 5. The van der Waals surface area contributed by atoms with Crippen LogP contribution < -0.4 is 5.32 Å². The van der Waals surface area contributed by atoms with E-state index >= 15 is 0 Å². The molecule has 1 saturated carbocycles. The maximum absolute atomic E-state index is 12.0. The van der Waals surface area contributed by atoms with Crippen molar-refractivity contribution in [1.29, 1.82) is 0 Å². The number of halogens is 1. The van der Waals surface area contributed by atoms with Gasteiger partial charge in [0.2, 0.25) is 5.91 Å². The van der Waals surface area contributed by atoms with Crippen molar-refractivity contribution in [2.45, 2.75) is 52.3 Å². The summed E-state index contributed by atoms with van der Waals surface area (Å²) in [5.41, 5.74) is 0.305. The number of hydrogen-bond acceptors (Lipinski definition) is 1. The van der Waals surface area contributed by atoms with Crippen LogP contribution in [-0.2, 0) is 4.79 Å². The standard InChI is InChI=1S/C13H24BrNO/c1-9(14)7-6-8-15-11(16)10-12(2,3)13(10,4)5/h9-10H,6-8H2,1-5H3,(H,15,16). The van der Waals surface area contributed by atoms with Crippen LogP contribution in [0.4, 0.5) is 0 Å². The molecular weight excluding hydrogens is 266 g/mol. The van der Waals surface area contributed by atoms with E-state index in [-0.39, 0.29) is 22.7 Å². The minimum Gasteiger partial charge on any atom is -0.356 e. The van der Waals surface area contributed by atoms with E-state index in [0.717, 1.165) is 19.4 Å². The summed E-state index contributed by atoms with van der Waals surface area (Å²) in [7, 11) is 0. The van der Waals surface area contributed by atoms with Crippen molar-refractivity contribution < 1.29 is 4.79 Å². The lowest BCUT2D eigenvalue weighted by Crippen LogP contribution is -2.28. The molecule has 0 aromatic carbocycles. The van der Waals surface area contributed by atoms with E-state index < -0.39 is 0 Å². The normalized spacial score (nSPS) is 23.9. The maximum Gasteiger partial charge on any atom is 0.224 e. The van der Waals surface area contributed by atoms with Crippen molar-refractivity contribution in [2.75, 3.05) is 6.54 Å². The molecule has 0 aromatic rings. The molecule has 0 saturated heterocycles. The molecule has 1 unspecified atom stereocenters. The Morgan fingerprint density at radius 2 is 1.81 bits per heavy atom. The quantitative estimate of drug-likeness (QED) is 0.610. The fraction of sp³-hybridized carbons (Fsp3) is 0.923. The highest BCUT2D eigenvalue weighted by Crippen LogP contribution is 2.68. The second kappa shape index (κ2) is 4.67. The summed E-state index contributed by atoms with van der Waals surface area (Å²) in [6.07, 6.45) is 2.16. The van der Waals surface area contributed by atoms with Gasteiger partial charge in [0, 0.05) is 17.3 Å². The highest BCUT2D eigenvalue weighted by Gasteiger charge is 2.68. The Morgan fingerprint density at radius 3 is 2.19 bits per heavy atom. The molecular formula is C13H24BrNO. The number of alkyl halides is 1. The van der Waals surface area contributed by atoms with Crippen LogP contribution in [-0.4, -0.2) is 17.3 Å². The van der Waals surface area contributed by atoms with Crippen molar-refractivity contribution in [3.05, 3.63) is 0 Å². The number of amides is 1. The molecule has 16 heavy (non-hydrogen) atoms. The molecule has 2 nitrogen and oxygen atoms in total. The number of carbonyl (C=O) groups is 1. The summed E-state index contributed by atoms with van der Waals surface area (Å²) in [6.45, 7) is 11.7. The molecule has 1 fully saturated rings. The van der Waals surface area contributed by atoms with Gasteiger partial charge in [-0.3, -0.25) is 4.79 Å². The van der Waals surface area contributed by atoms with Gasteiger partial charge in [-0.25, -0.2) is 0 Å². The molecule has 1 aliphatic rings. The second-order valence-corrected chi connectivity index (χ2v) is 7.65. The fourth-order valence-electron chi connectivity index (χ4n) is 2.55. The summed E-state index contributed by atoms with van der Waals surface area (Å²) in [6, 6.07) is 0. The SMILES string of the molecule is CC(Br)CCCNC(=O)C1C(C)(C)C1(C)C. The molecule has 1 atom stereocenters. The van der Waals surface area contributed by atoms with E-state index in [9.17, 15) is 4.79 Å². The van der Waals surface area contributed by atoms with E-state index in [1.54, 1.807) is 0 Å². The minimum atomic E-state index is 0.153. The number of hydrogen-bond donors (Lipinski definition) is 1. The third-order valence-corrected chi connectivity index (χ3v) is 4.82. The Morgan fingerprint density at radius 1 is 1.31 bits per heavy atom. The van der Waals surface area contributed by atoms with Crippen LogP contribution in [0.1, 0.15) is 47.5 Å². The molecule has 1 N–H and O–H groups in total. The molecule has 0 radical (unpaired) electrons. The first-order chi connectivity index (χ1) is 7.21. The van der Waals surface area contributed by atoms with Crippen molar-refractivity contribution in [2.24, 2.45) is 16.7 Å². The molecule has 0 heterocycles. The molecule has 0 bridgehead atoms. The fourth-order valence-corrected chi connectivity index (χ4v) is 2.87. The van der Waals surface area contributed by atoms with E-state index in [4.69, 9.17) is 0 Å². The van der Waals surface area contributed by atoms with Crippen LogP contribution in [0, 0.1) is 16.7 Å². The van der Waals surface area contributed by atoms with Gasteiger partial charge in [0.25, 0.3) is 0 Å². The van der Waals surface area contributed by atoms with Gasteiger partial charge >= 0.3 is 0 Å². The Hall–Kier alpha value is -0.0500. The van der Waals surface area contributed by atoms with E-state index in [2.05, 4.69) is 55.9 Å². The average molecular weight is 290 g/mol. The van der Waals surface area contributed by atoms with Crippen molar-refractivity contribution in [3.8, 4) is 0 Å². The van der Waals surface area contributed by atoms with Gasteiger partial charge in [0.1, 0.15) is 0 Å². The van der Waals surface area contributed by atoms with Gasteiger partial charge in [0.05, 0.1) is 0 Å². The predicted octanol–water partition coefficient (Wildman–Crippen LogP) is 3.35. The van der Waals surface area contributed by atoms with Crippen LogP contribution in [0.5, 0.6) is 0 Å². The molecule has 0 spiro atoms. The van der Waals surface area contributed by atoms with Crippen LogP contribution >= 0.6 is 15.9 Å². The lowest BCUT2D eigenvalue weighted by molar-refractivity contribution is -0.123. The maximum atomic E-state index is 12.0. The lowest BCUT2D eigenvalue weighted by Gasteiger charge is -2.07. The molecule has 1 amide bonds. The Kier molecular flexibility index (Phi) is 4.09. The van der Waals surface area contributed by atoms with Crippen molar-refractivity contribution in [3.63, 3.8) is 0 Å². The zero-order chi connectivity index (χ0) is 12.6. The third-order valence-electron chi connectivity index (χ3n) is 4.36. The summed E-state index contributed by atoms with van der Waals surface area (Å²) < 4.78 is 0. The van der Waals surface area contributed by atoms with Gasteiger partial charge in [-0.2, -0.15) is 0 Å². The Bertz CT molecular complexity index is 257. The predicted molar refractivity (Wildman–Crippen MR) is 71.7 cm³/mol. The minimum absolute atomic E-state index is 0.153. The lowest BCUT2D eigenvalue weighted by atomic mass is 10.0. The molecule has 1 rings (SSSR count). The van der Waals surface area contributed by atoms with Crippen molar-refractivity contribution >= 4 is 21.8 Å². The summed E-state index contributed by atoms with van der Waals surface area (Å²) >= 11 is 3.51. The summed E-state index contributed by atoms with van der Waals surface area (Å²) in [5, 5.41) is 3.05. The number of nitrogens with one attached hydrogen (secondary N) is 1. The smallest absolute Gasteiger partial charge is 0.224 e. The van der Waals surface area contributed by atoms with Crippen LogP contribution in [0.25, 0.3) is 0 Å². The monoisotopic (exact) mass is 289 g/mol. The zero-order valence-electron chi connectivity index (χ0n) is 11.1. The average Bonchev–Trinajstić information content (AvgIpc) is 2.51. The largest absolute Gasteiger partial charge is 0.356 e. The van der Waals surface area contributed by atoms with Gasteiger partial charge in [0.15, 0.2) is 0 Å². The van der Waals surface area contributed by atoms with E-state index in [0.29, 0.717) is 4.83 Å². The molecule has 0 aliphatic heterocycles. The Labute approximate surface area is 108 Å². The summed E-state index contributed by atoms with van der Waals surface area (Å²) in [5.74, 6) is 0.415. The van der Waals surface area contributed by atoms with Crippen molar-refractivity contribution in [1.82, 2.24) is 5.32 Å². The van der Waals surface area contributed by atoms with Gasteiger partial charge in [-0.1, -0.05) is 50.5 Å².